The molecule has 2 rings (SSSR count). The lowest BCUT2D eigenvalue weighted by Crippen LogP contribution is -2.07. The number of anilines is 1. The van der Waals surface area contributed by atoms with Crippen molar-refractivity contribution >= 4 is 44.2 Å². The topological polar surface area (TPSA) is 41.1 Å². The highest BCUT2D eigenvalue weighted by Crippen LogP contribution is 2.35. The highest BCUT2D eigenvalue weighted by molar-refractivity contribution is 9.10. The minimum absolute atomic E-state index is 0.842. The van der Waals surface area contributed by atoms with Crippen molar-refractivity contribution in [1.29, 1.82) is 0 Å². The molecule has 0 atom stereocenters. The maximum atomic E-state index is 4.22. The van der Waals surface area contributed by atoms with Gasteiger partial charge in [-0.2, -0.15) is 0 Å². The molecule has 0 saturated heterocycles. The Hall–Kier alpha value is -0.630. The van der Waals surface area contributed by atoms with Crippen molar-refractivity contribution in [3.05, 3.63) is 28.2 Å². The van der Waals surface area contributed by atoms with Crippen molar-refractivity contribution in [2.24, 2.45) is 0 Å². The van der Waals surface area contributed by atoms with Gasteiger partial charge in [-0.15, -0.1) is 10.2 Å². The highest BCUT2D eigenvalue weighted by Gasteiger charge is 2.10. The summed E-state index contributed by atoms with van der Waals surface area (Å²) >= 11 is 6.77. The van der Waals surface area contributed by atoms with E-state index in [-0.39, 0.29) is 0 Å². The van der Waals surface area contributed by atoms with Crippen LogP contribution >= 0.6 is 39.0 Å². The highest BCUT2D eigenvalue weighted by atomic mass is 79.9. The SMILES string of the molecule is CNCc1ccc(Br)cc1Sc1nnc(N(C)C)s1. The zero-order chi connectivity index (χ0) is 13.8. The molecule has 19 heavy (non-hydrogen) atoms. The average molecular weight is 359 g/mol. The second kappa shape index (κ2) is 6.69. The van der Waals surface area contributed by atoms with Crippen LogP contribution in [-0.2, 0) is 6.54 Å². The summed E-state index contributed by atoms with van der Waals surface area (Å²) in [5.41, 5.74) is 1.26. The van der Waals surface area contributed by atoms with Gasteiger partial charge in [0.25, 0.3) is 0 Å². The Labute approximate surface area is 129 Å². The summed E-state index contributed by atoms with van der Waals surface area (Å²) in [5, 5.41) is 12.5. The summed E-state index contributed by atoms with van der Waals surface area (Å²) in [7, 11) is 5.90. The summed E-state index contributed by atoms with van der Waals surface area (Å²) in [4.78, 5) is 3.17. The van der Waals surface area contributed by atoms with Gasteiger partial charge in [0.05, 0.1) is 0 Å². The van der Waals surface area contributed by atoms with Gasteiger partial charge in [-0.1, -0.05) is 45.1 Å². The number of aromatic nitrogens is 2. The molecule has 4 nitrogen and oxygen atoms in total. The molecule has 1 heterocycles. The minimum Gasteiger partial charge on any atom is -0.353 e. The molecular formula is C12H15BrN4S2. The third-order valence-corrected chi connectivity index (χ3v) is 5.11. The van der Waals surface area contributed by atoms with E-state index in [1.807, 2.05) is 26.0 Å². The van der Waals surface area contributed by atoms with Crippen LogP contribution in [0.5, 0.6) is 0 Å². The largest absolute Gasteiger partial charge is 0.353 e. The lowest BCUT2D eigenvalue weighted by molar-refractivity contribution is 0.802. The maximum absolute atomic E-state index is 4.22. The predicted molar refractivity (Wildman–Crippen MR) is 85.3 cm³/mol. The van der Waals surface area contributed by atoms with Crippen molar-refractivity contribution in [2.45, 2.75) is 15.8 Å². The summed E-state index contributed by atoms with van der Waals surface area (Å²) in [6.45, 7) is 0.842. The molecule has 2 aromatic rings. The van der Waals surface area contributed by atoms with Crippen LogP contribution < -0.4 is 10.2 Å². The fourth-order valence-electron chi connectivity index (χ4n) is 1.48. The van der Waals surface area contributed by atoms with Gasteiger partial charge in [-0.05, 0) is 24.7 Å². The van der Waals surface area contributed by atoms with Gasteiger partial charge in [0, 0.05) is 30.0 Å². The number of benzene rings is 1. The first-order valence-electron chi connectivity index (χ1n) is 5.72. The first-order valence-corrected chi connectivity index (χ1v) is 8.14. The molecular weight excluding hydrogens is 344 g/mol. The van der Waals surface area contributed by atoms with Crippen LogP contribution in [0, 0.1) is 0 Å². The van der Waals surface area contributed by atoms with Crippen molar-refractivity contribution in [2.75, 3.05) is 26.0 Å². The zero-order valence-electron chi connectivity index (χ0n) is 11.0. The molecule has 0 bridgehead atoms. The number of hydrogen-bond acceptors (Lipinski definition) is 6. The quantitative estimate of drug-likeness (QED) is 0.888. The van der Waals surface area contributed by atoms with Crippen LogP contribution in [0.1, 0.15) is 5.56 Å². The second-order valence-electron chi connectivity index (χ2n) is 4.13. The first kappa shape index (κ1) is 14.8. The van der Waals surface area contributed by atoms with Gasteiger partial charge in [0.2, 0.25) is 5.13 Å². The third kappa shape index (κ3) is 3.92. The van der Waals surface area contributed by atoms with E-state index in [0.29, 0.717) is 0 Å². The Bertz CT molecular complexity index is 556. The van der Waals surface area contributed by atoms with E-state index in [9.17, 15) is 0 Å². The molecule has 1 aromatic carbocycles. The molecule has 7 heteroatoms. The number of rotatable bonds is 5. The Balaban J connectivity index is 2.23. The summed E-state index contributed by atoms with van der Waals surface area (Å²) < 4.78 is 2.03. The van der Waals surface area contributed by atoms with E-state index >= 15 is 0 Å². The number of nitrogens with zero attached hydrogens (tertiary/aromatic N) is 3. The van der Waals surface area contributed by atoms with Crippen LogP contribution in [0.15, 0.2) is 31.9 Å². The molecule has 0 saturated carbocycles. The lowest BCUT2D eigenvalue weighted by atomic mass is 10.2. The molecule has 0 amide bonds. The summed E-state index contributed by atoms with van der Waals surface area (Å²) in [5.74, 6) is 0. The van der Waals surface area contributed by atoms with Gasteiger partial charge in [0.15, 0.2) is 4.34 Å². The van der Waals surface area contributed by atoms with E-state index in [2.05, 4.69) is 49.6 Å². The van der Waals surface area contributed by atoms with Gasteiger partial charge in [-0.25, -0.2) is 0 Å². The second-order valence-corrected chi connectivity index (χ2v) is 7.29. The first-order chi connectivity index (χ1) is 9.10. The number of hydrogen-bond donors (Lipinski definition) is 1. The molecule has 102 valence electrons. The van der Waals surface area contributed by atoms with Crippen molar-refractivity contribution < 1.29 is 0 Å². The van der Waals surface area contributed by atoms with Gasteiger partial charge in [0.1, 0.15) is 0 Å². The molecule has 1 aromatic heterocycles. The van der Waals surface area contributed by atoms with E-state index in [1.165, 1.54) is 10.5 Å². The molecule has 0 radical (unpaired) electrons. The Morgan fingerprint density at radius 2 is 2.16 bits per heavy atom. The normalized spacial score (nSPS) is 10.7. The zero-order valence-corrected chi connectivity index (χ0v) is 14.2. The van der Waals surface area contributed by atoms with Crippen molar-refractivity contribution in [1.82, 2.24) is 15.5 Å². The Kier molecular flexibility index (Phi) is 5.20. The molecule has 1 N–H and O–H groups in total. The third-order valence-electron chi connectivity index (χ3n) is 2.37. The molecule has 0 aliphatic heterocycles. The fourth-order valence-corrected chi connectivity index (χ4v) is 3.88. The summed E-state index contributed by atoms with van der Waals surface area (Å²) in [6.07, 6.45) is 0. The van der Waals surface area contributed by atoms with E-state index in [1.54, 1.807) is 23.1 Å². The average Bonchev–Trinajstić information content (AvgIpc) is 2.81. The van der Waals surface area contributed by atoms with E-state index in [4.69, 9.17) is 0 Å². The standard InChI is InChI=1S/C12H15BrN4S2/c1-14-7-8-4-5-9(13)6-10(8)18-12-16-15-11(19-12)17(2)3/h4-6,14H,7H2,1-3H3. The monoisotopic (exact) mass is 358 g/mol. The Morgan fingerprint density at radius 1 is 1.37 bits per heavy atom. The van der Waals surface area contributed by atoms with Crippen LogP contribution in [0.2, 0.25) is 0 Å². The van der Waals surface area contributed by atoms with Crippen LogP contribution in [-0.4, -0.2) is 31.3 Å². The predicted octanol–water partition coefficient (Wildman–Crippen LogP) is 3.24. The van der Waals surface area contributed by atoms with Gasteiger partial charge in [-0.3, -0.25) is 0 Å². The minimum atomic E-state index is 0.842. The smallest absolute Gasteiger partial charge is 0.208 e. The van der Waals surface area contributed by atoms with Crippen LogP contribution in [0.25, 0.3) is 0 Å². The molecule has 0 fully saturated rings. The Morgan fingerprint density at radius 3 is 2.79 bits per heavy atom. The van der Waals surface area contributed by atoms with Gasteiger partial charge >= 0.3 is 0 Å². The fraction of sp³-hybridized carbons (Fsp3) is 0.333. The summed E-state index contributed by atoms with van der Waals surface area (Å²) in [6, 6.07) is 6.30. The van der Waals surface area contributed by atoms with E-state index < -0.39 is 0 Å². The van der Waals surface area contributed by atoms with E-state index in [0.717, 1.165) is 20.5 Å². The molecule has 0 aliphatic rings. The van der Waals surface area contributed by atoms with Crippen molar-refractivity contribution in [3.63, 3.8) is 0 Å². The number of halogens is 1. The van der Waals surface area contributed by atoms with Crippen molar-refractivity contribution in [3.8, 4) is 0 Å². The van der Waals surface area contributed by atoms with Gasteiger partial charge < -0.3 is 10.2 Å². The van der Waals surface area contributed by atoms with Crippen LogP contribution in [0.4, 0.5) is 5.13 Å². The number of nitrogens with one attached hydrogen (secondary N) is 1. The maximum Gasteiger partial charge on any atom is 0.208 e. The molecule has 0 spiro atoms. The molecule has 0 aliphatic carbocycles. The lowest BCUT2D eigenvalue weighted by Gasteiger charge is -2.07. The van der Waals surface area contributed by atoms with Crippen LogP contribution in [0.3, 0.4) is 0 Å². The molecule has 0 unspecified atom stereocenters.